The monoisotopic (exact) mass is 221 g/mol. The molecule has 2 rings (SSSR count). The first kappa shape index (κ1) is 10.6. The third-order valence-electron chi connectivity index (χ3n) is 2.73. The van der Waals surface area contributed by atoms with Crippen molar-refractivity contribution in [1.82, 2.24) is 10.2 Å². The molecule has 1 saturated heterocycles. The van der Waals surface area contributed by atoms with E-state index in [2.05, 4.69) is 23.3 Å². The summed E-state index contributed by atoms with van der Waals surface area (Å²) in [5.41, 5.74) is 0. The van der Waals surface area contributed by atoms with Gasteiger partial charge >= 0.3 is 0 Å². The Bertz CT molecular complexity index is 366. The topological polar surface area (TPSA) is 39.1 Å². The lowest BCUT2D eigenvalue weighted by Gasteiger charge is -2.11. The Hall–Kier alpha value is -0.890. The molecule has 0 amide bonds. The van der Waals surface area contributed by atoms with E-state index >= 15 is 0 Å². The van der Waals surface area contributed by atoms with E-state index in [9.17, 15) is 0 Å². The first-order valence-electron chi connectivity index (χ1n) is 5.18. The molecular formula is C11H15N3S. The molecule has 80 valence electrons. The molecule has 3 nitrogen and oxygen atoms in total. The van der Waals surface area contributed by atoms with Crippen LogP contribution in [0.2, 0.25) is 0 Å². The summed E-state index contributed by atoms with van der Waals surface area (Å²) in [5.74, 6) is 0. The van der Waals surface area contributed by atoms with Gasteiger partial charge in [0.2, 0.25) is 0 Å². The number of nitrogens with one attached hydrogen (secondary N) is 1. The van der Waals surface area contributed by atoms with Gasteiger partial charge < -0.3 is 10.2 Å². The maximum absolute atomic E-state index is 8.70. The van der Waals surface area contributed by atoms with Gasteiger partial charge in [-0.15, -0.1) is 11.3 Å². The smallest absolute Gasteiger partial charge is 0.110 e. The van der Waals surface area contributed by atoms with Crippen molar-refractivity contribution < 1.29 is 0 Å². The second kappa shape index (κ2) is 4.75. The van der Waals surface area contributed by atoms with Gasteiger partial charge in [-0.3, -0.25) is 0 Å². The van der Waals surface area contributed by atoms with Crippen molar-refractivity contribution in [2.45, 2.75) is 19.0 Å². The van der Waals surface area contributed by atoms with E-state index in [-0.39, 0.29) is 0 Å². The second-order valence-electron chi connectivity index (χ2n) is 4.01. The number of thiophene rings is 1. The van der Waals surface area contributed by atoms with Crippen LogP contribution in [0.3, 0.4) is 0 Å². The summed E-state index contributed by atoms with van der Waals surface area (Å²) in [6.07, 6.45) is 1.23. The van der Waals surface area contributed by atoms with Crippen LogP contribution in [0.25, 0.3) is 0 Å². The van der Waals surface area contributed by atoms with Gasteiger partial charge in [-0.2, -0.15) is 5.26 Å². The Balaban J connectivity index is 1.81. The molecule has 0 aliphatic carbocycles. The van der Waals surface area contributed by atoms with Gasteiger partial charge in [0.1, 0.15) is 10.9 Å². The Morgan fingerprint density at radius 1 is 1.67 bits per heavy atom. The average Bonchev–Trinajstić information content (AvgIpc) is 2.83. The zero-order chi connectivity index (χ0) is 10.7. The Labute approximate surface area is 94.3 Å². The third kappa shape index (κ3) is 2.78. The van der Waals surface area contributed by atoms with Gasteiger partial charge in [-0.25, -0.2) is 0 Å². The lowest BCUT2D eigenvalue weighted by Crippen LogP contribution is -2.30. The normalized spacial score (nSPS) is 21.7. The highest BCUT2D eigenvalue weighted by atomic mass is 32.1. The lowest BCUT2D eigenvalue weighted by molar-refractivity contribution is 0.398. The summed E-state index contributed by atoms with van der Waals surface area (Å²) in [6.45, 7) is 3.22. The van der Waals surface area contributed by atoms with Gasteiger partial charge in [-0.05, 0) is 32.1 Å². The van der Waals surface area contributed by atoms with Crippen molar-refractivity contribution >= 4 is 11.3 Å². The molecule has 0 saturated carbocycles. The minimum Gasteiger partial charge on any atom is -0.308 e. The van der Waals surface area contributed by atoms with Crippen LogP contribution < -0.4 is 5.32 Å². The first-order valence-corrected chi connectivity index (χ1v) is 6.00. The quantitative estimate of drug-likeness (QED) is 0.839. The molecule has 1 aromatic heterocycles. The molecule has 1 atom stereocenters. The first-order chi connectivity index (χ1) is 7.28. The summed E-state index contributed by atoms with van der Waals surface area (Å²) in [5, 5.41) is 12.2. The molecule has 1 fully saturated rings. The molecule has 4 heteroatoms. The van der Waals surface area contributed by atoms with Crippen molar-refractivity contribution in [2.75, 3.05) is 20.1 Å². The lowest BCUT2D eigenvalue weighted by atomic mass is 10.2. The number of likely N-dealkylation sites (N-methyl/N-ethyl adjacent to an activating group) is 1. The van der Waals surface area contributed by atoms with E-state index in [0.717, 1.165) is 18.0 Å². The Kier molecular flexibility index (Phi) is 3.37. The number of rotatable bonds is 3. The highest BCUT2D eigenvalue weighted by molar-refractivity contribution is 7.12. The standard InChI is InChI=1S/C11H15N3S/c1-14-5-4-9(8-14)13-7-11-3-2-10(6-12)15-11/h2-3,9,13H,4-5,7-8H2,1H3. The van der Waals surface area contributed by atoms with Crippen LogP contribution in [0.4, 0.5) is 0 Å². The molecule has 2 heterocycles. The van der Waals surface area contributed by atoms with E-state index in [1.807, 2.05) is 12.1 Å². The van der Waals surface area contributed by atoms with E-state index in [4.69, 9.17) is 5.26 Å². The molecule has 0 spiro atoms. The van der Waals surface area contributed by atoms with Crippen molar-refractivity contribution in [2.24, 2.45) is 0 Å². The van der Waals surface area contributed by atoms with Gasteiger partial charge in [0.25, 0.3) is 0 Å². The molecule has 1 N–H and O–H groups in total. The summed E-state index contributed by atoms with van der Waals surface area (Å²) in [4.78, 5) is 4.39. The van der Waals surface area contributed by atoms with Crippen LogP contribution >= 0.6 is 11.3 Å². The Morgan fingerprint density at radius 3 is 3.13 bits per heavy atom. The average molecular weight is 221 g/mol. The summed E-state index contributed by atoms with van der Waals surface area (Å²) < 4.78 is 0. The molecule has 1 aromatic rings. The van der Waals surface area contributed by atoms with Gasteiger partial charge in [0.05, 0.1) is 0 Å². The SMILES string of the molecule is CN1CCC(NCc2ccc(C#N)s2)C1. The van der Waals surface area contributed by atoms with Gasteiger partial charge in [0.15, 0.2) is 0 Å². The highest BCUT2D eigenvalue weighted by Crippen LogP contribution is 2.16. The minimum atomic E-state index is 0.614. The molecule has 1 unspecified atom stereocenters. The molecule has 1 aliphatic heterocycles. The fraction of sp³-hybridized carbons (Fsp3) is 0.545. The number of nitriles is 1. The fourth-order valence-electron chi connectivity index (χ4n) is 1.88. The number of nitrogens with zero attached hydrogens (tertiary/aromatic N) is 2. The van der Waals surface area contributed by atoms with Crippen molar-refractivity contribution in [3.63, 3.8) is 0 Å². The number of likely N-dealkylation sites (tertiary alicyclic amines) is 1. The predicted molar refractivity (Wildman–Crippen MR) is 61.8 cm³/mol. The van der Waals surface area contributed by atoms with Crippen LogP contribution in [-0.2, 0) is 6.54 Å². The van der Waals surface area contributed by atoms with Crippen LogP contribution in [0, 0.1) is 11.3 Å². The maximum Gasteiger partial charge on any atom is 0.110 e. The van der Waals surface area contributed by atoms with E-state index in [1.54, 1.807) is 11.3 Å². The molecule has 0 bridgehead atoms. The van der Waals surface area contributed by atoms with Crippen LogP contribution in [0.15, 0.2) is 12.1 Å². The molecule has 0 aromatic carbocycles. The second-order valence-corrected chi connectivity index (χ2v) is 5.17. The maximum atomic E-state index is 8.70. The number of hydrogen-bond acceptors (Lipinski definition) is 4. The van der Waals surface area contributed by atoms with Crippen LogP contribution in [0.1, 0.15) is 16.2 Å². The molecule has 15 heavy (non-hydrogen) atoms. The molecular weight excluding hydrogens is 206 g/mol. The molecule has 0 radical (unpaired) electrons. The van der Waals surface area contributed by atoms with Crippen LogP contribution in [-0.4, -0.2) is 31.1 Å². The Morgan fingerprint density at radius 2 is 2.53 bits per heavy atom. The van der Waals surface area contributed by atoms with Crippen molar-refractivity contribution in [3.8, 4) is 6.07 Å². The van der Waals surface area contributed by atoms with E-state index in [0.29, 0.717) is 6.04 Å². The zero-order valence-electron chi connectivity index (χ0n) is 8.86. The third-order valence-corrected chi connectivity index (χ3v) is 3.72. The summed E-state index contributed by atoms with van der Waals surface area (Å²) >= 11 is 1.58. The largest absolute Gasteiger partial charge is 0.308 e. The van der Waals surface area contributed by atoms with Gasteiger partial charge in [-0.1, -0.05) is 0 Å². The highest BCUT2D eigenvalue weighted by Gasteiger charge is 2.18. The van der Waals surface area contributed by atoms with E-state index < -0.39 is 0 Å². The minimum absolute atomic E-state index is 0.614. The summed E-state index contributed by atoms with van der Waals surface area (Å²) in [7, 11) is 2.15. The number of hydrogen-bond donors (Lipinski definition) is 1. The zero-order valence-corrected chi connectivity index (χ0v) is 9.68. The molecule has 1 aliphatic rings. The van der Waals surface area contributed by atoms with Crippen LogP contribution in [0.5, 0.6) is 0 Å². The van der Waals surface area contributed by atoms with E-state index in [1.165, 1.54) is 17.8 Å². The predicted octanol–water partition coefficient (Wildman–Crippen LogP) is 1.41. The van der Waals surface area contributed by atoms with Crippen molar-refractivity contribution in [3.05, 3.63) is 21.9 Å². The fourth-order valence-corrected chi connectivity index (χ4v) is 2.64. The summed E-state index contributed by atoms with van der Waals surface area (Å²) in [6, 6.07) is 6.71. The van der Waals surface area contributed by atoms with Crippen molar-refractivity contribution in [1.29, 1.82) is 5.26 Å². The van der Waals surface area contributed by atoms with Gasteiger partial charge in [0, 0.05) is 24.0 Å².